The number of thioether (sulfide) groups is 1. The second-order valence-electron chi connectivity index (χ2n) is 5.35. The van der Waals surface area contributed by atoms with Crippen LogP contribution < -0.4 is 5.73 Å². The van der Waals surface area contributed by atoms with Crippen molar-refractivity contribution in [2.24, 2.45) is 5.73 Å². The molecule has 2 aromatic rings. The number of aryl methyl sites for hydroxylation is 1. The number of benzene rings is 2. The molecule has 1 nitrogen and oxygen atoms in total. The number of nitrogens with two attached hydrogens (primary N) is 1. The molecule has 0 aromatic heterocycles. The van der Waals surface area contributed by atoms with Gasteiger partial charge in [-0.2, -0.15) is 0 Å². The average Bonchev–Trinajstić information content (AvgIpc) is 2.48. The summed E-state index contributed by atoms with van der Waals surface area (Å²) in [5, 5.41) is 0.841. The van der Waals surface area contributed by atoms with Gasteiger partial charge in [-0.25, -0.2) is 0 Å². The fraction of sp³-hybridized carbons (Fsp3) is 0.333. The van der Waals surface area contributed by atoms with Crippen LogP contribution in [0.3, 0.4) is 0 Å². The summed E-state index contributed by atoms with van der Waals surface area (Å²) in [5.41, 5.74) is 9.84. The Morgan fingerprint density at radius 1 is 1.19 bits per heavy atom. The maximum atomic E-state index is 6.20. The van der Waals surface area contributed by atoms with Gasteiger partial charge in [0.15, 0.2) is 0 Å². The molecular weight excluding hydrogens is 298 g/mol. The van der Waals surface area contributed by atoms with E-state index in [1.54, 1.807) is 0 Å². The minimum Gasteiger partial charge on any atom is -0.327 e. The van der Waals surface area contributed by atoms with Crippen molar-refractivity contribution in [1.82, 2.24) is 0 Å². The van der Waals surface area contributed by atoms with Gasteiger partial charge < -0.3 is 5.73 Å². The van der Waals surface area contributed by atoms with E-state index in [2.05, 4.69) is 38.1 Å². The quantitative estimate of drug-likeness (QED) is 0.739. The van der Waals surface area contributed by atoms with Crippen LogP contribution in [0, 0.1) is 6.92 Å². The molecule has 0 amide bonds. The van der Waals surface area contributed by atoms with Gasteiger partial charge in [0, 0.05) is 21.7 Å². The molecule has 2 N–H and O–H groups in total. The molecule has 2 rings (SSSR count). The van der Waals surface area contributed by atoms with Gasteiger partial charge in [-0.3, -0.25) is 0 Å². The number of hydrogen-bond donors (Lipinski definition) is 1. The van der Waals surface area contributed by atoms with E-state index in [1.807, 2.05) is 30.0 Å². The third-order valence-corrected chi connectivity index (χ3v) is 5.20. The molecule has 0 aliphatic rings. The molecule has 112 valence electrons. The van der Waals surface area contributed by atoms with Crippen LogP contribution in [0.15, 0.2) is 47.4 Å². The van der Waals surface area contributed by atoms with Crippen LogP contribution in [0.1, 0.15) is 30.0 Å². The molecule has 0 spiro atoms. The number of hydrogen-bond acceptors (Lipinski definition) is 2. The third-order valence-electron chi connectivity index (χ3n) is 3.60. The van der Waals surface area contributed by atoms with Gasteiger partial charge in [0.2, 0.25) is 0 Å². The van der Waals surface area contributed by atoms with Gasteiger partial charge in [0.05, 0.1) is 0 Å². The third kappa shape index (κ3) is 4.77. The Bertz CT molecular complexity index is 598. The highest BCUT2D eigenvalue weighted by Crippen LogP contribution is 2.29. The summed E-state index contributed by atoms with van der Waals surface area (Å²) in [6, 6.07) is 14.9. The lowest BCUT2D eigenvalue weighted by Gasteiger charge is -2.12. The molecule has 0 bridgehead atoms. The summed E-state index contributed by atoms with van der Waals surface area (Å²) < 4.78 is 0. The first-order chi connectivity index (χ1) is 10.1. The molecule has 3 heteroatoms. The second-order valence-corrected chi connectivity index (χ2v) is 6.78. The van der Waals surface area contributed by atoms with Crippen LogP contribution in [-0.4, -0.2) is 6.04 Å². The average molecular weight is 320 g/mol. The molecular formula is C18H22ClNS. The van der Waals surface area contributed by atoms with Crippen molar-refractivity contribution in [3.63, 3.8) is 0 Å². The van der Waals surface area contributed by atoms with Crippen LogP contribution in [0.25, 0.3) is 0 Å². The van der Waals surface area contributed by atoms with Crippen molar-refractivity contribution < 1.29 is 0 Å². The van der Waals surface area contributed by atoms with E-state index >= 15 is 0 Å². The highest BCUT2D eigenvalue weighted by Gasteiger charge is 2.06. The summed E-state index contributed by atoms with van der Waals surface area (Å²) in [7, 11) is 0. The maximum Gasteiger partial charge on any atom is 0.0446 e. The summed E-state index contributed by atoms with van der Waals surface area (Å²) in [5.74, 6) is 0.897. The Morgan fingerprint density at radius 2 is 1.95 bits per heavy atom. The number of rotatable bonds is 6. The summed E-state index contributed by atoms with van der Waals surface area (Å²) in [6.07, 6.45) is 1.97. The van der Waals surface area contributed by atoms with Crippen molar-refractivity contribution in [3.8, 4) is 0 Å². The first-order valence-electron chi connectivity index (χ1n) is 7.31. The zero-order valence-corrected chi connectivity index (χ0v) is 14.2. The van der Waals surface area contributed by atoms with Gasteiger partial charge in [0.1, 0.15) is 0 Å². The zero-order valence-electron chi connectivity index (χ0n) is 12.6. The van der Waals surface area contributed by atoms with E-state index in [0.717, 1.165) is 23.6 Å². The Morgan fingerprint density at radius 3 is 2.62 bits per heavy atom. The van der Waals surface area contributed by atoms with Crippen LogP contribution in [-0.2, 0) is 12.2 Å². The molecule has 1 unspecified atom stereocenters. The van der Waals surface area contributed by atoms with Gasteiger partial charge in [-0.15, -0.1) is 11.8 Å². The first-order valence-corrected chi connectivity index (χ1v) is 8.67. The normalized spacial score (nSPS) is 12.4. The standard InChI is InChI=1S/C18H22ClNS/c1-3-16(20)11-14-8-9-18(13(2)10-14)21-12-15-6-4-5-7-17(15)19/h4-10,16H,3,11-12,20H2,1-2H3. The van der Waals surface area contributed by atoms with Gasteiger partial charge >= 0.3 is 0 Å². The lowest BCUT2D eigenvalue weighted by atomic mass is 10.0. The van der Waals surface area contributed by atoms with E-state index in [4.69, 9.17) is 17.3 Å². The van der Waals surface area contributed by atoms with E-state index in [9.17, 15) is 0 Å². The van der Waals surface area contributed by atoms with E-state index < -0.39 is 0 Å². The van der Waals surface area contributed by atoms with Crippen molar-refractivity contribution in [2.75, 3.05) is 0 Å². The molecule has 0 heterocycles. The lowest BCUT2D eigenvalue weighted by molar-refractivity contribution is 0.646. The summed E-state index contributed by atoms with van der Waals surface area (Å²) >= 11 is 8.03. The molecule has 0 radical (unpaired) electrons. The van der Waals surface area contributed by atoms with Crippen LogP contribution in [0.5, 0.6) is 0 Å². The Balaban J connectivity index is 2.03. The van der Waals surface area contributed by atoms with E-state index in [-0.39, 0.29) is 6.04 Å². The topological polar surface area (TPSA) is 26.0 Å². The monoisotopic (exact) mass is 319 g/mol. The van der Waals surface area contributed by atoms with Gasteiger partial charge in [0.25, 0.3) is 0 Å². The largest absolute Gasteiger partial charge is 0.327 e. The van der Waals surface area contributed by atoms with Crippen molar-refractivity contribution in [2.45, 2.75) is 43.4 Å². The van der Waals surface area contributed by atoms with Crippen LogP contribution >= 0.6 is 23.4 Å². The lowest BCUT2D eigenvalue weighted by Crippen LogP contribution is -2.21. The van der Waals surface area contributed by atoms with Gasteiger partial charge in [-0.05, 0) is 48.6 Å². The first kappa shape index (κ1) is 16.4. The molecule has 2 aromatic carbocycles. The number of halogens is 1. The summed E-state index contributed by atoms with van der Waals surface area (Å²) in [6.45, 7) is 4.29. The fourth-order valence-electron chi connectivity index (χ4n) is 2.22. The van der Waals surface area contributed by atoms with Crippen LogP contribution in [0.4, 0.5) is 0 Å². The molecule has 0 aliphatic heterocycles. The molecule has 1 atom stereocenters. The Labute approximate surface area is 136 Å². The SMILES string of the molecule is CCC(N)Cc1ccc(SCc2ccccc2Cl)c(C)c1. The van der Waals surface area contributed by atoms with E-state index in [0.29, 0.717) is 0 Å². The predicted molar refractivity (Wildman–Crippen MR) is 94.2 cm³/mol. The second kappa shape index (κ2) is 7.88. The predicted octanol–water partition coefficient (Wildman–Crippen LogP) is 5.22. The highest BCUT2D eigenvalue weighted by atomic mass is 35.5. The minimum absolute atomic E-state index is 0.256. The summed E-state index contributed by atoms with van der Waals surface area (Å²) in [4.78, 5) is 1.31. The smallest absolute Gasteiger partial charge is 0.0446 e. The fourth-order valence-corrected chi connectivity index (χ4v) is 3.51. The van der Waals surface area contributed by atoms with Crippen molar-refractivity contribution in [1.29, 1.82) is 0 Å². The van der Waals surface area contributed by atoms with Crippen molar-refractivity contribution >= 4 is 23.4 Å². The molecule has 0 saturated carbocycles. The highest BCUT2D eigenvalue weighted by molar-refractivity contribution is 7.98. The molecule has 0 saturated heterocycles. The molecule has 0 aliphatic carbocycles. The Kier molecular flexibility index (Phi) is 6.16. The Hall–Kier alpha value is -0.960. The van der Waals surface area contributed by atoms with Crippen molar-refractivity contribution in [3.05, 3.63) is 64.2 Å². The minimum atomic E-state index is 0.256. The van der Waals surface area contributed by atoms with Crippen LogP contribution in [0.2, 0.25) is 5.02 Å². The zero-order chi connectivity index (χ0) is 15.2. The molecule has 21 heavy (non-hydrogen) atoms. The van der Waals surface area contributed by atoms with E-state index in [1.165, 1.54) is 21.6 Å². The molecule has 0 fully saturated rings. The maximum absolute atomic E-state index is 6.20. The van der Waals surface area contributed by atoms with Gasteiger partial charge in [-0.1, -0.05) is 48.9 Å².